The molecule has 1 amide bonds. The highest BCUT2D eigenvalue weighted by Crippen LogP contribution is 2.33. The maximum absolute atomic E-state index is 10.3. The first-order valence-corrected chi connectivity index (χ1v) is 3.66. The first kappa shape index (κ1) is 7.54. The molecule has 10 heavy (non-hydrogen) atoms. The lowest BCUT2D eigenvalue weighted by Gasteiger charge is -2.08. The number of carbonyl (C=O) groups excluding carboxylic acids is 1. The quantitative estimate of drug-likeness (QED) is 0.580. The minimum atomic E-state index is -0.225. The molecule has 1 saturated carbocycles. The molecule has 1 rings (SSSR count). The molecule has 0 saturated heterocycles. The van der Waals surface area contributed by atoms with E-state index in [9.17, 15) is 4.79 Å². The predicted octanol–water partition coefficient (Wildman–Crippen LogP) is 0.00390. The van der Waals surface area contributed by atoms with Gasteiger partial charge in [0.2, 0.25) is 5.91 Å². The molecule has 0 aromatic heterocycles. The van der Waals surface area contributed by atoms with Crippen molar-refractivity contribution in [3.05, 3.63) is 0 Å². The zero-order chi connectivity index (χ0) is 7.61. The zero-order valence-electron chi connectivity index (χ0n) is 6.31. The van der Waals surface area contributed by atoms with E-state index in [1.165, 1.54) is 12.8 Å². The molecule has 0 spiro atoms. The second-order valence-electron chi connectivity index (χ2n) is 3.20. The molecule has 1 aliphatic carbocycles. The van der Waals surface area contributed by atoms with Gasteiger partial charge in [-0.15, -0.1) is 0 Å². The van der Waals surface area contributed by atoms with Crippen LogP contribution in [0.4, 0.5) is 0 Å². The van der Waals surface area contributed by atoms with E-state index in [0.717, 1.165) is 6.54 Å². The van der Waals surface area contributed by atoms with Gasteiger partial charge in [0.05, 0.1) is 0 Å². The summed E-state index contributed by atoms with van der Waals surface area (Å²) < 4.78 is 0. The summed E-state index contributed by atoms with van der Waals surface area (Å²) in [5.41, 5.74) is 5.29. The van der Waals surface area contributed by atoms with Crippen LogP contribution in [0.1, 0.15) is 26.2 Å². The lowest BCUT2D eigenvalue weighted by atomic mass is 10.3. The van der Waals surface area contributed by atoms with E-state index < -0.39 is 0 Å². The SMILES string of the molecule is CC1(NCCC(N)=O)CC1. The number of primary amides is 1. The van der Waals surface area contributed by atoms with Crippen molar-refractivity contribution in [3.8, 4) is 0 Å². The van der Waals surface area contributed by atoms with Gasteiger partial charge in [0.25, 0.3) is 0 Å². The van der Waals surface area contributed by atoms with E-state index in [1.54, 1.807) is 0 Å². The van der Waals surface area contributed by atoms with Crippen molar-refractivity contribution < 1.29 is 4.79 Å². The van der Waals surface area contributed by atoms with Crippen molar-refractivity contribution >= 4 is 5.91 Å². The Labute approximate surface area is 61.0 Å². The first-order valence-electron chi connectivity index (χ1n) is 3.66. The summed E-state index contributed by atoms with van der Waals surface area (Å²) in [6, 6.07) is 0. The summed E-state index contributed by atoms with van der Waals surface area (Å²) in [5, 5.41) is 3.26. The van der Waals surface area contributed by atoms with Crippen molar-refractivity contribution in [1.82, 2.24) is 5.32 Å². The lowest BCUT2D eigenvalue weighted by molar-refractivity contribution is -0.117. The molecule has 1 fully saturated rings. The average Bonchev–Trinajstić information content (AvgIpc) is 2.47. The summed E-state index contributed by atoms with van der Waals surface area (Å²) in [6.07, 6.45) is 2.91. The third kappa shape index (κ3) is 2.35. The van der Waals surface area contributed by atoms with Crippen LogP contribution in [-0.2, 0) is 4.79 Å². The largest absolute Gasteiger partial charge is 0.370 e. The highest BCUT2D eigenvalue weighted by molar-refractivity contribution is 5.73. The minimum Gasteiger partial charge on any atom is -0.370 e. The van der Waals surface area contributed by atoms with Crippen LogP contribution in [0.2, 0.25) is 0 Å². The molecule has 0 aromatic carbocycles. The van der Waals surface area contributed by atoms with Crippen molar-refractivity contribution in [2.45, 2.75) is 31.7 Å². The topological polar surface area (TPSA) is 55.1 Å². The number of carbonyl (C=O) groups is 1. The van der Waals surface area contributed by atoms with E-state index in [-0.39, 0.29) is 5.91 Å². The second kappa shape index (κ2) is 2.58. The molecule has 3 N–H and O–H groups in total. The molecule has 3 heteroatoms. The molecule has 1 aliphatic rings. The smallest absolute Gasteiger partial charge is 0.218 e. The number of amides is 1. The fourth-order valence-electron chi connectivity index (χ4n) is 0.852. The van der Waals surface area contributed by atoms with Gasteiger partial charge in [-0.25, -0.2) is 0 Å². The average molecular weight is 142 g/mol. The lowest BCUT2D eigenvalue weighted by Crippen LogP contribution is -2.31. The molecular formula is C7H14N2O. The number of hydrogen-bond donors (Lipinski definition) is 2. The highest BCUT2D eigenvalue weighted by atomic mass is 16.1. The molecule has 0 radical (unpaired) electrons. The van der Waals surface area contributed by atoms with Crippen molar-refractivity contribution in [2.24, 2.45) is 5.73 Å². The molecule has 0 bridgehead atoms. The third-order valence-corrected chi connectivity index (χ3v) is 1.92. The van der Waals surface area contributed by atoms with Gasteiger partial charge < -0.3 is 11.1 Å². The Bertz CT molecular complexity index is 141. The predicted molar refractivity (Wildman–Crippen MR) is 39.5 cm³/mol. The first-order chi connectivity index (χ1) is 4.62. The Morgan fingerprint density at radius 1 is 1.70 bits per heavy atom. The number of nitrogens with one attached hydrogen (secondary N) is 1. The molecule has 3 nitrogen and oxygen atoms in total. The molecule has 0 atom stereocenters. The van der Waals surface area contributed by atoms with Gasteiger partial charge >= 0.3 is 0 Å². The van der Waals surface area contributed by atoms with Crippen LogP contribution in [0.15, 0.2) is 0 Å². The normalized spacial score (nSPS) is 20.5. The molecule has 0 aromatic rings. The van der Waals surface area contributed by atoms with E-state index in [4.69, 9.17) is 5.73 Å². The van der Waals surface area contributed by atoms with E-state index in [0.29, 0.717) is 12.0 Å². The van der Waals surface area contributed by atoms with Crippen molar-refractivity contribution in [1.29, 1.82) is 0 Å². The van der Waals surface area contributed by atoms with Crippen LogP contribution >= 0.6 is 0 Å². The zero-order valence-corrected chi connectivity index (χ0v) is 6.31. The maximum atomic E-state index is 10.3. The van der Waals surface area contributed by atoms with Gasteiger partial charge in [-0.05, 0) is 19.8 Å². The van der Waals surface area contributed by atoms with Gasteiger partial charge in [0.1, 0.15) is 0 Å². The molecule has 0 aliphatic heterocycles. The summed E-state index contributed by atoms with van der Waals surface area (Å²) in [5.74, 6) is -0.225. The Balaban J connectivity index is 2.00. The summed E-state index contributed by atoms with van der Waals surface area (Å²) in [7, 11) is 0. The van der Waals surface area contributed by atoms with Crippen LogP contribution in [-0.4, -0.2) is 18.0 Å². The molecule has 0 heterocycles. The second-order valence-corrected chi connectivity index (χ2v) is 3.20. The van der Waals surface area contributed by atoms with Crippen molar-refractivity contribution in [2.75, 3.05) is 6.54 Å². The maximum Gasteiger partial charge on any atom is 0.218 e. The highest BCUT2D eigenvalue weighted by Gasteiger charge is 2.36. The monoisotopic (exact) mass is 142 g/mol. The molecule has 0 unspecified atom stereocenters. The van der Waals surface area contributed by atoms with Gasteiger partial charge in [0, 0.05) is 18.5 Å². The van der Waals surface area contributed by atoms with Crippen LogP contribution in [0.3, 0.4) is 0 Å². The molecular weight excluding hydrogens is 128 g/mol. The van der Waals surface area contributed by atoms with Gasteiger partial charge in [-0.3, -0.25) is 4.79 Å². The van der Waals surface area contributed by atoms with Gasteiger partial charge in [-0.1, -0.05) is 0 Å². The standard InChI is InChI=1S/C7H14N2O/c1-7(3-4-7)9-5-2-6(8)10/h9H,2-5H2,1H3,(H2,8,10). The number of nitrogens with two attached hydrogens (primary N) is 1. The molecule has 58 valence electrons. The summed E-state index contributed by atoms with van der Waals surface area (Å²) in [4.78, 5) is 10.3. The Kier molecular flexibility index (Phi) is 1.94. The van der Waals surface area contributed by atoms with E-state index >= 15 is 0 Å². The van der Waals surface area contributed by atoms with Crippen molar-refractivity contribution in [3.63, 3.8) is 0 Å². The number of rotatable bonds is 4. The number of hydrogen-bond acceptors (Lipinski definition) is 2. The van der Waals surface area contributed by atoms with Crippen LogP contribution in [0.5, 0.6) is 0 Å². The van der Waals surface area contributed by atoms with Crippen LogP contribution < -0.4 is 11.1 Å². The summed E-state index contributed by atoms with van der Waals surface area (Å²) in [6.45, 7) is 2.89. The fourth-order valence-corrected chi connectivity index (χ4v) is 0.852. The van der Waals surface area contributed by atoms with E-state index in [2.05, 4.69) is 12.2 Å². The van der Waals surface area contributed by atoms with Crippen LogP contribution in [0.25, 0.3) is 0 Å². The fraction of sp³-hybridized carbons (Fsp3) is 0.857. The Morgan fingerprint density at radius 3 is 2.70 bits per heavy atom. The van der Waals surface area contributed by atoms with Gasteiger partial charge in [-0.2, -0.15) is 0 Å². The minimum absolute atomic E-state index is 0.225. The Hall–Kier alpha value is -0.570. The third-order valence-electron chi connectivity index (χ3n) is 1.92. The van der Waals surface area contributed by atoms with E-state index in [1.807, 2.05) is 0 Å². The summed E-state index contributed by atoms with van der Waals surface area (Å²) >= 11 is 0. The van der Waals surface area contributed by atoms with Crippen LogP contribution in [0, 0.1) is 0 Å². The Morgan fingerprint density at radius 2 is 2.30 bits per heavy atom. The van der Waals surface area contributed by atoms with Gasteiger partial charge in [0.15, 0.2) is 0 Å².